The van der Waals surface area contributed by atoms with Crippen LogP contribution in [0, 0.1) is 11.8 Å². The fourth-order valence-electron chi connectivity index (χ4n) is 2.22. The van der Waals surface area contributed by atoms with Crippen LogP contribution in [-0.4, -0.2) is 50.3 Å². The maximum absolute atomic E-state index is 12.0. The van der Waals surface area contributed by atoms with Crippen molar-refractivity contribution in [2.75, 3.05) is 26.3 Å². The summed E-state index contributed by atoms with van der Waals surface area (Å²) in [6.45, 7) is 13.9. The quantitative estimate of drug-likeness (QED) is 0.394. The second kappa shape index (κ2) is 13.2. The molecule has 2 atom stereocenters. The molecule has 0 aliphatic rings. The zero-order valence-corrected chi connectivity index (χ0v) is 16.2. The first-order chi connectivity index (χ1) is 11.3. The second-order valence-corrected chi connectivity index (χ2v) is 6.69. The molecule has 0 rings (SSSR count). The van der Waals surface area contributed by atoms with Crippen LogP contribution in [0.15, 0.2) is 0 Å². The number of hydrogen-bond acceptors (Lipinski definition) is 6. The maximum atomic E-state index is 12.0. The molecular formula is C18H36N2O4. The molecule has 0 aromatic heterocycles. The predicted octanol–water partition coefficient (Wildman–Crippen LogP) is 2.12. The van der Waals surface area contributed by atoms with Gasteiger partial charge < -0.3 is 20.1 Å². The van der Waals surface area contributed by atoms with Crippen molar-refractivity contribution < 1.29 is 19.1 Å². The summed E-state index contributed by atoms with van der Waals surface area (Å²) in [4.78, 5) is 24.1. The van der Waals surface area contributed by atoms with Crippen LogP contribution < -0.4 is 10.6 Å². The number of nitrogens with one attached hydrogen (secondary N) is 2. The van der Waals surface area contributed by atoms with E-state index in [0.29, 0.717) is 26.3 Å². The molecule has 0 heterocycles. The fraction of sp³-hybridized carbons (Fsp3) is 0.889. The van der Waals surface area contributed by atoms with Crippen LogP contribution in [0.1, 0.15) is 54.4 Å². The third-order valence-corrected chi connectivity index (χ3v) is 3.59. The molecule has 2 N–H and O–H groups in total. The summed E-state index contributed by atoms with van der Waals surface area (Å²) >= 11 is 0. The van der Waals surface area contributed by atoms with Gasteiger partial charge in [0.15, 0.2) is 0 Å². The lowest BCUT2D eigenvalue weighted by Crippen LogP contribution is -2.48. The molecule has 0 bridgehead atoms. The topological polar surface area (TPSA) is 76.7 Å². The molecule has 142 valence electrons. The van der Waals surface area contributed by atoms with Crippen molar-refractivity contribution in [3.63, 3.8) is 0 Å². The highest BCUT2D eigenvalue weighted by Gasteiger charge is 2.25. The molecule has 0 radical (unpaired) electrons. The molecule has 0 unspecified atom stereocenters. The number of hydrogen-bond donors (Lipinski definition) is 2. The maximum Gasteiger partial charge on any atom is 0.323 e. The third kappa shape index (κ3) is 9.23. The van der Waals surface area contributed by atoms with Crippen molar-refractivity contribution in [3.8, 4) is 0 Å². The van der Waals surface area contributed by atoms with E-state index in [0.717, 1.165) is 12.8 Å². The van der Waals surface area contributed by atoms with Gasteiger partial charge in [0.2, 0.25) is 0 Å². The molecule has 0 spiro atoms. The first-order valence-electron chi connectivity index (χ1n) is 9.15. The number of carbonyl (C=O) groups excluding carboxylic acids is 2. The standard InChI is InChI=1S/C18H36N2O4/c1-7-11-23-17(21)15(13(3)4)19-9-10-20-16(14(5)6)18(22)24-12-8-2/h13-16,19-20H,7-12H2,1-6H3/t15-,16-/m0/s1. The van der Waals surface area contributed by atoms with Gasteiger partial charge in [0, 0.05) is 13.1 Å². The Hall–Kier alpha value is -1.14. The molecule has 0 aliphatic heterocycles. The molecule has 0 aromatic carbocycles. The van der Waals surface area contributed by atoms with Crippen molar-refractivity contribution >= 4 is 11.9 Å². The first-order valence-corrected chi connectivity index (χ1v) is 9.15. The van der Waals surface area contributed by atoms with Gasteiger partial charge in [0.25, 0.3) is 0 Å². The minimum atomic E-state index is -0.331. The number of ether oxygens (including phenoxy) is 2. The van der Waals surface area contributed by atoms with Gasteiger partial charge in [-0.1, -0.05) is 41.5 Å². The van der Waals surface area contributed by atoms with Gasteiger partial charge >= 0.3 is 11.9 Å². The summed E-state index contributed by atoms with van der Waals surface area (Å²) in [6, 6.07) is -0.661. The molecule has 24 heavy (non-hydrogen) atoms. The SMILES string of the molecule is CCCOC(=O)[C@@H](NCCN[C@H](C(=O)OCCC)C(C)C)C(C)C. The molecule has 0 saturated carbocycles. The lowest BCUT2D eigenvalue weighted by molar-refractivity contribution is -0.148. The van der Waals surface area contributed by atoms with Gasteiger partial charge in [-0.3, -0.25) is 9.59 Å². The van der Waals surface area contributed by atoms with Crippen LogP contribution in [0.2, 0.25) is 0 Å². The second-order valence-electron chi connectivity index (χ2n) is 6.69. The van der Waals surface area contributed by atoms with Crippen LogP contribution >= 0.6 is 0 Å². The van der Waals surface area contributed by atoms with Gasteiger partial charge in [0.1, 0.15) is 12.1 Å². The molecule has 0 amide bonds. The first kappa shape index (κ1) is 22.9. The van der Waals surface area contributed by atoms with E-state index in [1.54, 1.807) is 0 Å². The van der Waals surface area contributed by atoms with Gasteiger partial charge in [0.05, 0.1) is 13.2 Å². The van der Waals surface area contributed by atoms with Gasteiger partial charge in [-0.15, -0.1) is 0 Å². The van der Waals surface area contributed by atoms with Crippen LogP contribution in [0.25, 0.3) is 0 Å². The zero-order valence-electron chi connectivity index (χ0n) is 16.2. The number of esters is 2. The highest BCUT2D eigenvalue weighted by atomic mass is 16.5. The largest absolute Gasteiger partial charge is 0.465 e. The summed E-state index contributed by atoms with van der Waals surface area (Å²) < 4.78 is 10.4. The van der Waals surface area contributed by atoms with E-state index in [-0.39, 0.29) is 35.9 Å². The highest BCUT2D eigenvalue weighted by molar-refractivity contribution is 5.76. The Morgan fingerprint density at radius 2 is 1.08 bits per heavy atom. The molecule has 0 aliphatic carbocycles. The summed E-state index contributed by atoms with van der Waals surface area (Å²) in [5.41, 5.74) is 0. The van der Waals surface area contributed by atoms with E-state index in [2.05, 4.69) is 10.6 Å². The normalized spacial score (nSPS) is 13.8. The Morgan fingerprint density at radius 3 is 1.33 bits per heavy atom. The monoisotopic (exact) mass is 344 g/mol. The van der Waals surface area contributed by atoms with Crippen molar-refractivity contribution in [1.29, 1.82) is 0 Å². The van der Waals surface area contributed by atoms with Gasteiger partial charge in [-0.05, 0) is 24.7 Å². The Bertz CT molecular complexity index is 325. The Balaban J connectivity index is 4.33. The summed E-state index contributed by atoms with van der Waals surface area (Å²) in [6.07, 6.45) is 1.63. The van der Waals surface area contributed by atoms with Crippen molar-refractivity contribution in [2.45, 2.75) is 66.5 Å². The van der Waals surface area contributed by atoms with Crippen molar-refractivity contribution in [2.24, 2.45) is 11.8 Å². The summed E-state index contributed by atoms with van der Waals surface area (Å²) in [5, 5.41) is 6.43. The molecule has 0 fully saturated rings. The van der Waals surface area contributed by atoms with E-state index in [1.165, 1.54) is 0 Å². The van der Waals surface area contributed by atoms with Gasteiger partial charge in [-0.2, -0.15) is 0 Å². The van der Waals surface area contributed by atoms with E-state index < -0.39 is 0 Å². The van der Waals surface area contributed by atoms with E-state index in [1.807, 2.05) is 41.5 Å². The summed E-state index contributed by atoms with van der Waals surface area (Å²) in [5.74, 6) is -0.140. The Morgan fingerprint density at radius 1 is 0.750 bits per heavy atom. The molecule has 6 nitrogen and oxygen atoms in total. The van der Waals surface area contributed by atoms with E-state index in [9.17, 15) is 9.59 Å². The fourth-order valence-corrected chi connectivity index (χ4v) is 2.22. The van der Waals surface area contributed by atoms with Crippen LogP contribution in [0.3, 0.4) is 0 Å². The van der Waals surface area contributed by atoms with Crippen molar-refractivity contribution in [3.05, 3.63) is 0 Å². The molecule has 6 heteroatoms. The molecule has 0 saturated heterocycles. The predicted molar refractivity (Wildman–Crippen MR) is 95.8 cm³/mol. The van der Waals surface area contributed by atoms with E-state index >= 15 is 0 Å². The van der Waals surface area contributed by atoms with Crippen LogP contribution in [0.5, 0.6) is 0 Å². The van der Waals surface area contributed by atoms with Gasteiger partial charge in [-0.25, -0.2) is 0 Å². The Kier molecular flexibility index (Phi) is 12.6. The smallest absolute Gasteiger partial charge is 0.323 e. The minimum Gasteiger partial charge on any atom is -0.465 e. The third-order valence-electron chi connectivity index (χ3n) is 3.59. The molecular weight excluding hydrogens is 308 g/mol. The summed E-state index contributed by atoms with van der Waals surface area (Å²) in [7, 11) is 0. The Labute approximate surface area is 147 Å². The van der Waals surface area contributed by atoms with Crippen LogP contribution in [0.4, 0.5) is 0 Å². The number of carbonyl (C=O) groups is 2. The molecule has 0 aromatic rings. The zero-order chi connectivity index (χ0) is 18.5. The average Bonchev–Trinajstić information content (AvgIpc) is 2.52. The lowest BCUT2D eigenvalue weighted by Gasteiger charge is -2.23. The average molecular weight is 344 g/mol. The number of rotatable bonds is 13. The minimum absolute atomic E-state index is 0.143. The highest BCUT2D eigenvalue weighted by Crippen LogP contribution is 2.06. The van der Waals surface area contributed by atoms with Crippen molar-refractivity contribution in [1.82, 2.24) is 10.6 Å². The van der Waals surface area contributed by atoms with Crippen LogP contribution in [-0.2, 0) is 19.1 Å². The van der Waals surface area contributed by atoms with E-state index in [4.69, 9.17) is 9.47 Å². The lowest BCUT2D eigenvalue weighted by atomic mass is 10.0.